The van der Waals surface area contributed by atoms with Crippen LogP contribution < -0.4 is 5.32 Å². The number of hydrogen-bond donors (Lipinski definition) is 1. The van der Waals surface area contributed by atoms with Crippen LogP contribution in [0.1, 0.15) is 20.8 Å². The molecular weight excluding hydrogens is 152 g/mol. The van der Waals surface area contributed by atoms with Gasteiger partial charge in [0.2, 0.25) is 5.95 Å². The Kier molecular flexibility index (Phi) is 2.35. The van der Waals surface area contributed by atoms with Crippen LogP contribution in [0.15, 0.2) is 6.33 Å². The molecule has 0 radical (unpaired) electrons. The first-order chi connectivity index (χ1) is 5.47. The lowest BCUT2D eigenvalue weighted by molar-refractivity contribution is 0.441. The van der Waals surface area contributed by atoms with Crippen molar-refractivity contribution in [2.75, 3.05) is 11.9 Å². The zero-order chi connectivity index (χ0) is 9.19. The summed E-state index contributed by atoms with van der Waals surface area (Å²) < 4.78 is 1.69. The van der Waals surface area contributed by atoms with E-state index in [9.17, 15) is 0 Å². The molecule has 68 valence electrons. The lowest BCUT2D eigenvalue weighted by Gasteiger charge is -2.17. The molecule has 0 fully saturated rings. The van der Waals surface area contributed by atoms with Gasteiger partial charge in [0.05, 0.1) is 0 Å². The second-order valence-electron chi connectivity index (χ2n) is 4.16. The Morgan fingerprint density at radius 1 is 1.50 bits per heavy atom. The van der Waals surface area contributed by atoms with Crippen molar-refractivity contribution < 1.29 is 0 Å². The minimum Gasteiger partial charge on any atom is -0.352 e. The van der Waals surface area contributed by atoms with Gasteiger partial charge in [-0.1, -0.05) is 20.8 Å². The summed E-state index contributed by atoms with van der Waals surface area (Å²) in [6, 6.07) is 0. The normalized spacial score (nSPS) is 11.7. The highest BCUT2D eigenvalue weighted by Gasteiger charge is 2.10. The third-order valence-electron chi connectivity index (χ3n) is 1.38. The summed E-state index contributed by atoms with van der Waals surface area (Å²) in [5.41, 5.74) is 0.263. The highest BCUT2D eigenvalue weighted by atomic mass is 15.4. The Balaban J connectivity index is 2.44. The van der Waals surface area contributed by atoms with Gasteiger partial charge in [0.15, 0.2) is 0 Å². The Hall–Kier alpha value is -1.06. The molecule has 0 atom stereocenters. The van der Waals surface area contributed by atoms with Gasteiger partial charge < -0.3 is 5.32 Å². The van der Waals surface area contributed by atoms with E-state index in [0.29, 0.717) is 5.95 Å². The number of nitrogens with one attached hydrogen (secondary N) is 1. The van der Waals surface area contributed by atoms with Crippen LogP contribution in [0.4, 0.5) is 5.95 Å². The van der Waals surface area contributed by atoms with Crippen LogP contribution in [0, 0.1) is 5.41 Å². The van der Waals surface area contributed by atoms with Crippen molar-refractivity contribution >= 4 is 5.95 Å². The van der Waals surface area contributed by atoms with Crippen molar-refractivity contribution in [2.45, 2.75) is 20.8 Å². The van der Waals surface area contributed by atoms with Gasteiger partial charge in [-0.3, -0.25) is 4.68 Å². The minimum atomic E-state index is 0.263. The molecule has 1 heterocycles. The standard InChI is InChI=1S/C8H16N4/c1-8(2,3)5-9-7-10-6-12(4)11-7/h6H,5H2,1-4H3,(H,9,11). The first-order valence-electron chi connectivity index (χ1n) is 4.07. The summed E-state index contributed by atoms with van der Waals surface area (Å²) in [5.74, 6) is 0.701. The van der Waals surface area contributed by atoms with E-state index in [4.69, 9.17) is 0 Å². The molecule has 0 saturated heterocycles. The molecule has 1 aromatic rings. The van der Waals surface area contributed by atoms with E-state index in [-0.39, 0.29) is 5.41 Å². The fraction of sp³-hybridized carbons (Fsp3) is 0.750. The number of hydrogen-bond acceptors (Lipinski definition) is 3. The molecule has 1 rings (SSSR count). The number of aromatic nitrogens is 3. The van der Waals surface area contributed by atoms with Crippen molar-refractivity contribution in [1.82, 2.24) is 14.8 Å². The van der Waals surface area contributed by atoms with E-state index in [1.54, 1.807) is 11.0 Å². The van der Waals surface area contributed by atoms with Gasteiger partial charge in [-0.05, 0) is 5.41 Å². The molecule has 4 nitrogen and oxygen atoms in total. The third kappa shape index (κ3) is 2.90. The van der Waals surface area contributed by atoms with Gasteiger partial charge in [0.25, 0.3) is 0 Å². The fourth-order valence-corrected chi connectivity index (χ4v) is 0.765. The van der Waals surface area contributed by atoms with Gasteiger partial charge in [0, 0.05) is 13.6 Å². The quantitative estimate of drug-likeness (QED) is 0.723. The molecule has 12 heavy (non-hydrogen) atoms. The van der Waals surface area contributed by atoms with Gasteiger partial charge >= 0.3 is 0 Å². The van der Waals surface area contributed by atoms with Gasteiger partial charge in [-0.25, -0.2) is 4.98 Å². The molecule has 0 aliphatic heterocycles. The van der Waals surface area contributed by atoms with Crippen LogP contribution in [0.2, 0.25) is 0 Å². The van der Waals surface area contributed by atoms with Crippen molar-refractivity contribution in [2.24, 2.45) is 12.5 Å². The number of rotatable bonds is 2. The van der Waals surface area contributed by atoms with Crippen LogP contribution in [0.3, 0.4) is 0 Å². The molecule has 1 aromatic heterocycles. The molecule has 0 unspecified atom stereocenters. The zero-order valence-electron chi connectivity index (χ0n) is 8.13. The lowest BCUT2D eigenvalue weighted by Crippen LogP contribution is -2.19. The predicted octanol–water partition coefficient (Wildman–Crippen LogP) is 1.27. The first-order valence-corrected chi connectivity index (χ1v) is 4.07. The molecule has 0 aromatic carbocycles. The number of nitrogens with zero attached hydrogens (tertiary/aromatic N) is 3. The van der Waals surface area contributed by atoms with Crippen LogP contribution in [0.25, 0.3) is 0 Å². The van der Waals surface area contributed by atoms with Crippen molar-refractivity contribution in [1.29, 1.82) is 0 Å². The van der Waals surface area contributed by atoms with Crippen LogP contribution in [-0.4, -0.2) is 21.3 Å². The summed E-state index contributed by atoms with van der Waals surface area (Å²) in [6.45, 7) is 7.39. The average Bonchev–Trinajstić information content (AvgIpc) is 2.30. The van der Waals surface area contributed by atoms with E-state index in [2.05, 4.69) is 36.2 Å². The molecule has 0 saturated carbocycles. The fourth-order valence-electron chi connectivity index (χ4n) is 0.765. The van der Waals surface area contributed by atoms with E-state index < -0.39 is 0 Å². The first kappa shape index (κ1) is 9.03. The highest BCUT2D eigenvalue weighted by molar-refractivity contribution is 5.20. The largest absolute Gasteiger partial charge is 0.352 e. The molecule has 1 N–H and O–H groups in total. The second kappa shape index (κ2) is 3.13. The molecule has 4 heteroatoms. The van der Waals surface area contributed by atoms with Gasteiger partial charge in [-0.15, -0.1) is 5.10 Å². The Labute approximate surface area is 73.0 Å². The van der Waals surface area contributed by atoms with Crippen LogP contribution >= 0.6 is 0 Å². The zero-order valence-corrected chi connectivity index (χ0v) is 8.13. The highest BCUT2D eigenvalue weighted by Crippen LogP contribution is 2.12. The molecule has 0 bridgehead atoms. The molecule has 0 spiro atoms. The average molecular weight is 168 g/mol. The topological polar surface area (TPSA) is 42.7 Å². The van der Waals surface area contributed by atoms with Crippen LogP contribution in [-0.2, 0) is 7.05 Å². The second-order valence-corrected chi connectivity index (χ2v) is 4.16. The summed E-state index contributed by atoms with van der Waals surface area (Å²) in [7, 11) is 1.86. The number of aryl methyl sites for hydroxylation is 1. The van der Waals surface area contributed by atoms with Crippen molar-refractivity contribution in [3.8, 4) is 0 Å². The van der Waals surface area contributed by atoms with Gasteiger partial charge in [-0.2, -0.15) is 0 Å². The predicted molar refractivity (Wildman–Crippen MR) is 48.9 cm³/mol. The smallest absolute Gasteiger partial charge is 0.242 e. The van der Waals surface area contributed by atoms with Crippen LogP contribution in [0.5, 0.6) is 0 Å². The molecule has 0 aliphatic carbocycles. The minimum absolute atomic E-state index is 0.263. The SMILES string of the molecule is Cn1cnc(NCC(C)(C)C)n1. The van der Waals surface area contributed by atoms with Crippen molar-refractivity contribution in [3.63, 3.8) is 0 Å². The number of anilines is 1. The van der Waals surface area contributed by atoms with E-state index >= 15 is 0 Å². The lowest BCUT2D eigenvalue weighted by atomic mass is 9.97. The molecule has 0 amide bonds. The van der Waals surface area contributed by atoms with E-state index in [0.717, 1.165) is 6.54 Å². The Bertz CT molecular complexity index is 246. The molecular formula is C8H16N4. The van der Waals surface area contributed by atoms with E-state index in [1.165, 1.54) is 0 Å². The summed E-state index contributed by atoms with van der Waals surface area (Å²) in [6.07, 6.45) is 1.69. The van der Waals surface area contributed by atoms with Crippen molar-refractivity contribution in [3.05, 3.63) is 6.33 Å². The molecule has 0 aliphatic rings. The van der Waals surface area contributed by atoms with E-state index in [1.807, 2.05) is 7.05 Å². The maximum Gasteiger partial charge on any atom is 0.242 e. The Morgan fingerprint density at radius 2 is 2.17 bits per heavy atom. The maximum atomic E-state index is 4.11. The summed E-state index contributed by atoms with van der Waals surface area (Å²) in [5, 5.41) is 7.27. The summed E-state index contributed by atoms with van der Waals surface area (Å²) >= 11 is 0. The maximum absolute atomic E-state index is 4.11. The summed E-state index contributed by atoms with van der Waals surface area (Å²) in [4.78, 5) is 4.06. The Morgan fingerprint density at radius 3 is 2.58 bits per heavy atom. The third-order valence-corrected chi connectivity index (χ3v) is 1.38. The van der Waals surface area contributed by atoms with Gasteiger partial charge in [0.1, 0.15) is 6.33 Å². The monoisotopic (exact) mass is 168 g/mol.